The topological polar surface area (TPSA) is 84.9 Å². The molecule has 0 radical (unpaired) electrons. The van der Waals surface area contributed by atoms with Crippen LogP contribution in [0.1, 0.15) is 34.8 Å². The Hall–Kier alpha value is -3.04. The minimum Gasteiger partial charge on any atom is -0.497 e. The molecule has 3 aromatic rings. The number of rotatable bonds is 7. The molecule has 2 aromatic carbocycles. The lowest BCUT2D eigenvalue weighted by atomic mass is 10.0. The van der Waals surface area contributed by atoms with E-state index in [-0.39, 0.29) is 16.2 Å². The number of thiophene rings is 1. The Bertz CT molecular complexity index is 1190. The quantitative estimate of drug-likeness (QED) is 0.546. The largest absolute Gasteiger partial charge is 0.497 e. The Balaban J connectivity index is 1.54. The molecule has 0 bridgehead atoms. The number of sulfonamides is 1. The van der Waals surface area contributed by atoms with Crippen LogP contribution in [0.15, 0.2) is 64.2 Å². The summed E-state index contributed by atoms with van der Waals surface area (Å²) >= 11 is 1.15. The van der Waals surface area contributed by atoms with E-state index in [1.54, 1.807) is 56.0 Å². The molecular formula is C23H24N2O5S2. The summed E-state index contributed by atoms with van der Waals surface area (Å²) < 4.78 is 38.5. The highest BCUT2D eigenvalue weighted by molar-refractivity contribution is 7.94. The highest BCUT2D eigenvalue weighted by Gasteiger charge is 2.32. The van der Waals surface area contributed by atoms with E-state index >= 15 is 0 Å². The van der Waals surface area contributed by atoms with Gasteiger partial charge in [-0.05, 0) is 66.8 Å². The third-order valence-corrected chi connectivity index (χ3v) is 8.23. The Morgan fingerprint density at radius 1 is 1.09 bits per heavy atom. The molecule has 1 aliphatic heterocycles. The Kier molecular flexibility index (Phi) is 6.38. The van der Waals surface area contributed by atoms with Crippen molar-refractivity contribution in [2.24, 2.45) is 0 Å². The maximum absolute atomic E-state index is 13.3. The predicted octanol–water partition coefficient (Wildman–Crippen LogP) is 4.54. The van der Waals surface area contributed by atoms with Gasteiger partial charge < -0.3 is 14.4 Å². The molecule has 2 heterocycles. The molecule has 4 rings (SSSR count). The summed E-state index contributed by atoms with van der Waals surface area (Å²) in [4.78, 5) is 15.1. The molecule has 7 nitrogen and oxygen atoms in total. The van der Waals surface area contributed by atoms with Crippen LogP contribution >= 0.6 is 11.3 Å². The minimum absolute atomic E-state index is 0.106. The molecule has 1 aliphatic rings. The van der Waals surface area contributed by atoms with Gasteiger partial charge in [0.05, 0.1) is 20.3 Å². The lowest BCUT2D eigenvalue weighted by Gasteiger charge is -2.27. The number of ether oxygens (including phenoxy) is 2. The number of methoxy groups -OCH3 is 2. The number of hydrogen-bond acceptors (Lipinski definition) is 6. The van der Waals surface area contributed by atoms with Crippen LogP contribution < -0.4 is 14.2 Å². The third-order valence-electron chi connectivity index (χ3n) is 5.45. The van der Waals surface area contributed by atoms with Crippen LogP contribution in [0.5, 0.6) is 11.5 Å². The Labute approximate surface area is 191 Å². The summed E-state index contributed by atoms with van der Waals surface area (Å²) in [6.07, 6.45) is 1.71. The van der Waals surface area contributed by atoms with Gasteiger partial charge in [0.1, 0.15) is 15.7 Å². The number of carbonyl (C=O) groups is 1. The van der Waals surface area contributed by atoms with Gasteiger partial charge in [0.25, 0.3) is 15.9 Å². The summed E-state index contributed by atoms with van der Waals surface area (Å²) in [5.41, 5.74) is 1.82. The molecule has 1 N–H and O–H groups in total. The molecule has 1 saturated heterocycles. The lowest BCUT2D eigenvalue weighted by Crippen LogP contribution is -2.30. The second-order valence-electron chi connectivity index (χ2n) is 7.38. The van der Waals surface area contributed by atoms with Crippen LogP contribution in [0.4, 0.5) is 5.69 Å². The summed E-state index contributed by atoms with van der Waals surface area (Å²) in [6.45, 7) is 0.636. The van der Waals surface area contributed by atoms with Crippen molar-refractivity contribution in [2.75, 3.05) is 25.5 Å². The van der Waals surface area contributed by atoms with Crippen molar-refractivity contribution in [3.63, 3.8) is 0 Å². The van der Waals surface area contributed by atoms with E-state index < -0.39 is 10.0 Å². The fourth-order valence-corrected chi connectivity index (χ4v) is 5.95. The van der Waals surface area contributed by atoms with Gasteiger partial charge in [0, 0.05) is 23.4 Å². The highest BCUT2D eigenvalue weighted by atomic mass is 32.2. The molecule has 0 spiro atoms. The van der Waals surface area contributed by atoms with Crippen LogP contribution in [0, 0.1) is 0 Å². The van der Waals surface area contributed by atoms with E-state index in [1.165, 1.54) is 0 Å². The summed E-state index contributed by atoms with van der Waals surface area (Å²) in [5.74, 6) is 1.32. The number of nitrogens with one attached hydrogen (secondary N) is 1. The first-order valence-electron chi connectivity index (χ1n) is 10.1. The van der Waals surface area contributed by atoms with Gasteiger partial charge in [-0.1, -0.05) is 6.07 Å². The van der Waals surface area contributed by atoms with Gasteiger partial charge in [0.15, 0.2) is 0 Å². The van der Waals surface area contributed by atoms with Crippen molar-refractivity contribution in [3.8, 4) is 11.5 Å². The van der Waals surface area contributed by atoms with Crippen molar-refractivity contribution < 1.29 is 22.7 Å². The van der Waals surface area contributed by atoms with Gasteiger partial charge in [-0.15, -0.1) is 11.3 Å². The van der Waals surface area contributed by atoms with E-state index in [0.29, 0.717) is 29.3 Å². The first-order chi connectivity index (χ1) is 15.4. The van der Waals surface area contributed by atoms with E-state index in [9.17, 15) is 13.2 Å². The zero-order valence-corrected chi connectivity index (χ0v) is 19.4. The van der Waals surface area contributed by atoms with E-state index in [1.807, 2.05) is 23.1 Å². The molecule has 9 heteroatoms. The number of likely N-dealkylation sites (tertiary alicyclic amines) is 1. The summed E-state index contributed by atoms with van der Waals surface area (Å²) in [5, 5.41) is 1.71. The van der Waals surface area contributed by atoms with Crippen molar-refractivity contribution in [1.29, 1.82) is 0 Å². The number of amides is 1. The first kappa shape index (κ1) is 22.2. The average molecular weight is 473 g/mol. The van der Waals surface area contributed by atoms with E-state index in [2.05, 4.69) is 4.72 Å². The number of carbonyl (C=O) groups excluding carboxylic acids is 1. The van der Waals surface area contributed by atoms with Gasteiger partial charge >= 0.3 is 0 Å². The van der Waals surface area contributed by atoms with Crippen molar-refractivity contribution in [1.82, 2.24) is 4.90 Å². The highest BCUT2D eigenvalue weighted by Crippen LogP contribution is 2.39. The van der Waals surface area contributed by atoms with Crippen LogP contribution in [0.3, 0.4) is 0 Å². The number of benzene rings is 2. The maximum Gasteiger partial charge on any atom is 0.271 e. The number of hydrogen-bond donors (Lipinski definition) is 1. The van der Waals surface area contributed by atoms with E-state index in [4.69, 9.17) is 9.47 Å². The smallest absolute Gasteiger partial charge is 0.271 e. The predicted molar refractivity (Wildman–Crippen MR) is 124 cm³/mol. The normalized spacial score (nSPS) is 16.1. The zero-order valence-electron chi connectivity index (χ0n) is 17.8. The number of anilines is 1. The van der Waals surface area contributed by atoms with Crippen LogP contribution in [0.25, 0.3) is 0 Å². The zero-order chi connectivity index (χ0) is 22.7. The van der Waals surface area contributed by atoms with Gasteiger partial charge in [-0.2, -0.15) is 0 Å². The molecule has 0 aliphatic carbocycles. The summed E-state index contributed by atoms with van der Waals surface area (Å²) in [7, 11) is -0.408. The van der Waals surface area contributed by atoms with Crippen LogP contribution in [0.2, 0.25) is 0 Å². The monoisotopic (exact) mass is 472 g/mol. The SMILES string of the molecule is COc1ccc(OC)c(C2CCCN2C(=O)c2ccc(NS(=O)(=O)c3cccs3)cc2)c1. The van der Waals surface area contributed by atoms with Gasteiger partial charge in [-0.25, -0.2) is 8.42 Å². The first-order valence-corrected chi connectivity index (χ1v) is 12.5. The average Bonchev–Trinajstić information content (AvgIpc) is 3.51. The number of nitrogens with zero attached hydrogens (tertiary/aromatic N) is 1. The fraction of sp³-hybridized carbons (Fsp3) is 0.261. The molecule has 168 valence electrons. The minimum atomic E-state index is -3.63. The molecule has 1 atom stereocenters. The van der Waals surface area contributed by atoms with Crippen LogP contribution in [-0.2, 0) is 10.0 Å². The fourth-order valence-electron chi connectivity index (χ4n) is 3.90. The van der Waals surface area contributed by atoms with Crippen molar-refractivity contribution in [2.45, 2.75) is 23.1 Å². The van der Waals surface area contributed by atoms with Crippen molar-refractivity contribution >= 4 is 33.0 Å². The third kappa shape index (κ3) is 4.44. The molecule has 1 amide bonds. The second-order valence-corrected chi connectivity index (χ2v) is 10.2. The molecular weight excluding hydrogens is 448 g/mol. The second kappa shape index (κ2) is 9.22. The van der Waals surface area contributed by atoms with Gasteiger partial charge in [-0.3, -0.25) is 9.52 Å². The molecule has 1 fully saturated rings. The van der Waals surface area contributed by atoms with Crippen molar-refractivity contribution in [3.05, 3.63) is 71.1 Å². The molecule has 1 aromatic heterocycles. The Morgan fingerprint density at radius 2 is 1.88 bits per heavy atom. The Morgan fingerprint density at radius 3 is 2.53 bits per heavy atom. The molecule has 32 heavy (non-hydrogen) atoms. The molecule has 1 unspecified atom stereocenters. The molecule has 0 saturated carbocycles. The van der Waals surface area contributed by atoms with Gasteiger partial charge in [0.2, 0.25) is 0 Å². The maximum atomic E-state index is 13.3. The lowest BCUT2D eigenvalue weighted by molar-refractivity contribution is 0.0734. The summed E-state index contributed by atoms with van der Waals surface area (Å²) in [6, 6.07) is 15.2. The van der Waals surface area contributed by atoms with E-state index in [0.717, 1.165) is 29.7 Å². The van der Waals surface area contributed by atoms with Crippen LogP contribution in [-0.4, -0.2) is 40.0 Å². The standard InChI is InChI=1S/C23H24N2O5S2/c1-29-18-11-12-21(30-2)19(15-18)20-5-3-13-25(20)23(26)16-7-9-17(10-8-16)24-32(27,28)22-6-4-14-31-22/h4,6-12,14-15,20,24H,3,5,13H2,1-2H3.